The van der Waals surface area contributed by atoms with Crippen molar-refractivity contribution in [3.05, 3.63) is 0 Å². The van der Waals surface area contributed by atoms with Crippen molar-refractivity contribution in [2.75, 3.05) is 26.2 Å². The van der Waals surface area contributed by atoms with Gasteiger partial charge >= 0.3 is 0 Å². The average Bonchev–Trinajstić information content (AvgIpc) is 2.03. The van der Waals surface area contributed by atoms with E-state index in [4.69, 9.17) is 5.11 Å². The molecule has 2 N–H and O–H groups in total. The van der Waals surface area contributed by atoms with Crippen LogP contribution in [0.2, 0.25) is 0 Å². The lowest BCUT2D eigenvalue weighted by molar-refractivity contribution is 0.268. The molecule has 10 heavy (non-hydrogen) atoms. The van der Waals surface area contributed by atoms with Crippen molar-refractivity contribution >= 4 is 0 Å². The van der Waals surface area contributed by atoms with Gasteiger partial charge in [0, 0.05) is 32.3 Å². The van der Waals surface area contributed by atoms with Crippen LogP contribution in [0.1, 0.15) is 12.8 Å². The maximum atomic E-state index is 8.53. The highest BCUT2D eigenvalue weighted by atomic mass is 16.2. The van der Waals surface area contributed by atoms with E-state index < -0.39 is 0 Å². The Kier molecular flexibility index (Phi) is 3.72. The lowest BCUT2D eigenvalue weighted by Gasteiger charge is -2.22. The summed E-state index contributed by atoms with van der Waals surface area (Å²) in [6.45, 7) is 3.26. The molecule has 1 saturated heterocycles. The van der Waals surface area contributed by atoms with Gasteiger partial charge in [-0.1, -0.05) is 0 Å². The van der Waals surface area contributed by atoms with Gasteiger partial charge in [-0.25, -0.2) is 5.32 Å². The number of nitrogens with one attached hydrogen (secondary N) is 1. The van der Waals surface area contributed by atoms with Crippen molar-refractivity contribution in [1.82, 2.24) is 10.6 Å². The van der Waals surface area contributed by atoms with Gasteiger partial charge < -0.3 is 10.4 Å². The molecule has 1 rings (SSSR count). The monoisotopic (exact) mass is 143 g/mol. The number of piperazine rings is 1. The normalized spacial score (nSPS) is 26.7. The fourth-order valence-electron chi connectivity index (χ4n) is 1.18. The first-order valence-electron chi connectivity index (χ1n) is 3.91. The molecular weight excluding hydrogens is 128 g/mol. The van der Waals surface area contributed by atoms with E-state index in [2.05, 4.69) is 10.6 Å². The summed E-state index contributed by atoms with van der Waals surface area (Å²) < 4.78 is 0. The molecule has 0 saturated carbocycles. The summed E-state index contributed by atoms with van der Waals surface area (Å²) in [4.78, 5) is 0. The van der Waals surface area contributed by atoms with Crippen LogP contribution < -0.4 is 10.6 Å². The van der Waals surface area contributed by atoms with E-state index in [-0.39, 0.29) is 0 Å². The summed E-state index contributed by atoms with van der Waals surface area (Å²) in [6, 6.07) is 0.459. The minimum atomic E-state index is 0.298. The molecule has 0 aromatic carbocycles. The first kappa shape index (κ1) is 7.98. The molecule has 0 spiro atoms. The second kappa shape index (κ2) is 4.66. The molecule has 3 heteroatoms. The third-order valence-corrected chi connectivity index (χ3v) is 1.75. The lowest BCUT2D eigenvalue weighted by atomic mass is 10.1. The van der Waals surface area contributed by atoms with E-state index in [9.17, 15) is 0 Å². The van der Waals surface area contributed by atoms with Gasteiger partial charge in [-0.3, -0.25) is 0 Å². The van der Waals surface area contributed by atoms with E-state index in [1.807, 2.05) is 0 Å². The minimum absolute atomic E-state index is 0.298. The topological polar surface area (TPSA) is 46.4 Å². The van der Waals surface area contributed by atoms with Gasteiger partial charge in [0.1, 0.15) is 0 Å². The van der Waals surface area contributed by atoms with Crippen molar-refractivity contribution in [3.8, 4) is 0 Å². The first-order valence-corrected chi connectivity index (χ1v) is 3.91. The molecule has 3 nitrogen and oxygen atoms in total. The van der Waals surface area contributed by atoms with E-state index in [0.717, 1.165) is 32.5 Å². The Balaban J connectivity index is 2.02. The van der Waals surface area contributed by atoms with Crippen LogP contribution in [0.5, 0.6) is 0 Å². The van der Waals surface area contributed by atoms with Gasteiger partial charge in [0.05, 0.1) is 0 Å². The Morgan fingerprint density at radius 2 is 2.50 bits per heavy atom. The smallest absolute Gasteiger partial charge is 0.0431 e. The molecular formula is C7H15N2O. The predicted octanol–water partition coefficient (Wildman–Crippen LogP) is -0.665. The molecule has 1 aliphatic rings. The number of hydrogen-bond donors (Lipinski definition) is 2. The molecule has 1 atom stereocenters. The number of rotatable bonds is 3. The fraction of sp³-hybridized carbons (Fsp3) is 1.00. The number of aliphatic hydroxyl groups excluding tert-OH is 1. The summed E-state index contributed by atoms with van der Waals surface area (Å²) in [5, 5.41) is 16.2. The Bertz CT molecular complexity index is 81.7. The zero-order valence-corrected chi connectivity index (χ0v) is 6.21. The molecule has 1 unspecified atom stereocenters. The van der Waals surface area contributed by atoms with E-state index >= 15 is 0 Å². The van der Waals surface area contributed by atoms with Crippen molar-refractivity contribution in [3.63, 3.8) is 0 Å². The highest BCUT2D eigenvalue weighted by molar-refractivity contribution is 4.74. The van der Waals surface area contributed by atoms with Crippen LogP contribution in [0.3, 0.4) is 0 Å². The van der Waals surface area contributed by atoms with Crippen LogP contribution in [-0.4, -0.2) is 37.4 Å². The minimum Gasteiger partial charge on any atom is -0.396 e. The fourth-order valence-corrected chi connectivity index (χ4v) is 1.18. The highest BCUT2D eigenvalue weighted by Crippen LogP contribution is 1.98. The SMILES string of the molecule is OCCCC1CNCC[N]1. The van der Waals surface area contributed by atoms with Crippen LogP contribution in [-0.2, 0) is 0 Å². The molecule has 1 radical (unpaired) electrons. The lowest BCUT2D eigenvalue weighted by Crippen LogP contribution is -2.43. The van der Waals surface area contributed by atoms with Gasteiger partial charge in [-0.2, -0.15) is 0 Å². The van der Waals surface area contributed by atoms with Crippen LogP contribution in [0.4, 0.5) is 0 Å². The predicted molar refractivity (Wildman–Crippen MR) is 40.0 cm³/mol. The molecule has 1 aliphatic heterocycles. The van der Waals surface area contributed by atoms with E-state index in [1.165, 1.54) is 0 Å². The Morgan fingerprint density at radius 1 is 1.60 bits per heavy atom. The maximum Gasteiger partial charge on any atom is 0.0431 e. The van der Waals surface area contributed by atoms with E-state index in [1.54, 1.807) is 0 Å². The first-order chi connectivity index (χ1) is 4.93. The van der Waals surface area contributed by atoms with Crippen LogP contribution in [0.15, 0.2) is 0 Å². The number of nitrogens with zero attached hydrogens (tertiary/aromatic N) is 1. The molecule has 0 aliphatic carbocycles. The van der Waals surface area contributed by atoms with Crippen molar-refractivity contribution in [2.45, 2.75) is 18.9 Å². The summed E-state index contributed by atoms with van der Waals surface area (Å²) in [7, 11) is 0. The standard InChI is InChI=1S/C7H15N2O/c10-5-1-2-7-6-8-3-4-9-7/h7-8,10H,1-6H2. The molecule has 59 valence electrons. The summed E-state index contributed by atoms with van der Waals surface area (Å²) in [5.74, 6) is 0. The van der Waals surface area contributed by atoms with Gasteiger partial charge in [0.2, 0.25) is 0 Å². The molecule has 0 bridgehead atoms. The highest BCUT2D eigenvalue weighted by Gasteiger charge is 2.11. The van der Waals surface area contributed by atoms with Gasteiger partial charge in [-0.05, 0) is 12.8 Å². The van der Waals surface area contributed by atoms with Crippen LogP contribution >= 0.6 is 0 Å². The molecule has 1 heterocycles. The molecule has 1 fully saturated rings. The molecule has 0 aromatic rings. The van der Waals surface area contributed by atoms with Gasteiger partial charge in [-0.15, -0.1) is 0 Å². The zero-order valence-electron chi connectivity index (χ0n) is 6.21. The largest absolute Gasteiger partial charge is 0.396 e. The van der Waals surface area contributed by atoms with Crippen LogP contribution in [0, 0.1) is 0 Å². The second-order valence-electron chi connectivity index (χ2n) is 2.63. The summed E-state index contributed by atoms with van der Waals surface area (Å²) >= 11 is 0. The molecule has 0 aromatic heterocycles. The quantitative estimate of drug-likeness (QED) is 0.550. The average molecular weight is 143 g/mol. The van der Waals surface area contributed by atoms with E-state index in [0.29, 0.717) is 12.6 Å². The second-order valence-corrected chi connectivity index (χ2v) is 2.63. The van der Waals surface area contributed by atoms with Gasteiger partial charge in [0.25, 0.3) is 0 Å². The van der Waals surface area contributed by atoms with Crippen molar-refractivity contribution < 1.29 is 5.11 Å². The third kappa shape index (κ3) is 2.64. The number of hydrogen-bond acceptors (Lipinski definition) is 2. The van der Waals surface area contributed by atoms with Crippen molar-refractivity contribution in [2.24, 2.45) is 0 Å². The summed E-state index contributed by atoms with van der Waals surface area (Å²) in [5.41, 5.74) is 0. The Morgan fingerprint density at radius 3 is 3.10 bits per heavy atom. The Labute approximate surface area is 61.8 Å². The zero-order chi connectivity index (χ0) is 7.23. The molecule has 0 amide bonds. The Hall–Kier alpha value is -0.120. The third-order valence-electron chi connectivity index (χ3n) is 1.75. The van der Waals surface area contributed by atoms with Crippen molar-refractivity contribution in [1.29, 1.82) is 0 Å². The number of aliphatic hydroxyl groups is 1. The summed E-state index contributed by atoms with van der Waals surface area (Å²) in [6.07, 6.45) is 1.92. The van der Waals surface area contributed by atoms with Crippen LogP contribution in [0.25, 0.3) is 0 Å². The van der Waals surface area contributed by atoms with Gasteiger partial charge in [0.15, 0.2) is 0 Å². The maximum absolute atomic E-state index is 8.53.